The molecule has 37 heteroatoms. The standard InChI is InChI=1S/C78H100N18O19/c1-45(97)86-52(29-34-62(79)98)68(105)93-58(41-47-20-9-3-10-21-47)75(112)90-55(33-38-66(102)103)71(108)96-60(43-49-24-13-5-14-25-49)74(111)89-54(31-36-64(81)100)70(107)95-59(42-48-22-11-4-12-23-48)73(110)88-53(30-35-63(80)99)69(106)94-57(40-46-18-7-2-8-19-46)72(109)87-51(28-17-39-85-78(83)84)67(104)92-61(44-50-26-15-6-16-27-50)76(113)91-56(77(114)115)32-37-65(82)101/h2-16,18-27,51-61H,17,28-44H2,1H3,(H2,79,98)(H2,80,99)(H2,81,100)(H2,82,101)(H,86,97)(H,87,109)(H,88,110)(H,89,111)(H,90,112)(H,91,113)(H,92,104)(H,93,105)(H,94,106)(H,95,107)(H,96,108)(H,102,103)(H,114,115)(H4,83,84,85)/t51-,52-,53-,54-,55-,56-,57-,58-,59-,60-,61-/m0/s1. The number of carbonyl (C=O) groups excluding carboxylic acids is 15. The van der Waals surface area contributed by atoms with Gasteiger partial charge in [-0.2, -0.15) is 0 Å². The number of nitrogens with two attached hydrogens (primary N) is 5. The summed E-state index contributed by atoms with van der Waals surface area (Å²) in [6, 6.07) is 22.6. The Morgan fingerprint density at radius 1 is 0.287 bits per heavy atom. The van der Waals surface area contributed by atoms with E-state index in [1.807, 2.05) is 0 Å². The number of rotatable bonds is 51. The predicted octanol–water partition coefficient (Wildman–Crippen LogP) is -3.17. The molecular weight excluding hydrogens is 1490 g/mol. The minimum absolute atomic E-state index is 0.0134. The van der Waals surface area contributed by atoms with E-state index in [1.54, 1.807) is 152 Å². The molecule has 0 aromatic heterocycles. The van der Waals surface area contributed by atoms with Crippen molar-refractivity contribution < 1.29 is 91.7 Å². The van der Waals surface area contributed by atoms with Gasteiger partial charge in [-0.25, -0.2) is 4.79 Å². The molecule has 0 aliphatic carbocycles. The van der Waals surface area contributed by atoms with Crippen LogP contribution < -0.4 is 92.5 Å². The molecule has 37 nitrogen and oxygen atoms in total. The lowest BCUT2D eigenvalue weighted by molar-refractivity contribution is -0.142. The topological polar surface area (TPSA) is 629 Å². The van der Waals surface area contributed by atoms with Gasteiger partial charge in [0, 0.05) is 77.7 Å². The second kappa shape index (κ2) is 48.2. The van der Waals surface area contributed by atoms with Gasteiger partial charge in [0.25, 0.3) is 0 Å². The molecule has 0 radical (unpaired) electrons. The summed E-state index contributed by atoms with van der Waals surface area (Å²) in [7, 11) is 0. The number of hydrogen-bond acceptors (Lipinski definition) is 18. The third-order valence-electron chi connectivity index (χ3n) is 17.8. The van der Waals surface area contributed by atoms with E-state index in [0.29, 0.717) is 27.8 Å². The van der Waals surface area contributed by atoms with Crippen molar-refractivity contribution in [2.24, 2.45) is 28.7 Å². The average molecular weight is 1590 g/mol. The maximum absolute atomic E-state index is 15.1. The summed E-state index contributed by atoms with van der Waals surface area (Å²) in [5, 5.41) is 58.0. The van der Waals surface area contributed by atoms with Crippen molar-refractivity contribution in [3.05, 3.63) is 179 Å². The minimum atomic E-state index is -1.80. The van der Waals surface area contributed by atoms with Crippen LogP contribution in [0.3, 0.4) is 0 Å². The first-order valence-electron chi connectivity index (χ1n) is 36.9. The largest absolute Gasteiger partial charge is 0.481 e. The molecule has 0 bridgehead atoms. The molecule has 11 atom stereocenters. The maximum atomic E-state index is 15.1. The molecule has 0 fully saturated rings. The zero-order chi connectivity index (χ0) is 84.5. The van der Waals surface area contributed by atoms with Gasteiger partial charge >= 0.3 is 11.9 Å². The summed E-state index contributed by atoms with van der Waals surface area (Å²) in [6.07, 6.45) is -6.69. The number of aliphatic carboxylic acids is 2. The van der Waals surface area contributed by atoms with Crippen LogP contribution in [0.1, 0.15) is 112 Å². The number of carboxylic acid groups (broad SMARTS) is 2. The predicted molar refractivity (Wildman–Crippen MR) is 415 cm³/mol. The van der Waals surface area contributed by atoms with E-state index >= 15 is 4.79 Å². The lowest BCUT2D eigenvalue weighted by Crippen LogP contribution is -2.61. The lowest BCUT2D eigenvalue weighted by atomic mass is 10.0. The van der Waals surface area contributed by atoms with Gasteiger partial charge in [0.2, 0.25) is 88.6 Å². The molecule has 616 valence electrons. The van der Waals surface area contributed by atoms with Gasteiger partial charge in [0.1, 0.15) is 66.5 Å². The van der Waals surface area contributed by atoms with Crippen molar-refractivity contribution in [1.29, 1.82) is 5.41 Å². The molecule has 0 aliphatic rings. The van der Waals surface area contributed by atoms with E-state index in [-0.39, 0.29) is 64.3 Å². The highest BCUT2D eigenvalue weighted by molar-refractivity contribution is 6.00. The van der Waals surface area contributed by atoms with Crippen molar-refractivity contribution >= 4 is 107 Å². The Bertz CT molecular complexity index is 4190. The number of nitrogens with one attached hydrogen (secondary N) is 13. The summed E-state index contributed by atoms with van der Waals surface area (Å²) in [5.41, 5.74) is 29.6. The minimum Gasteiger partial charge on any atom is -0.481 e. The highest BCUT2D eigenvalue weighted by Gasteiger charge is 2.38. The monoisotopic (exact) mass is 1590 g/mol. The van der Waals surface area contributed by atoms with Gasteiger partial charge in [0.05, 0.1) is 0 Å². The fraction of sp³-hybridized carbons (Fsp3) is 0.385. The highest BCUT2D eigenvalue weighted by atomic mass is 16.4. The smallest absolute Gasteiger partial charge is 0.326 e. The fourth-order valence-corrected chi connectivity index (χ4v) is 11.8. The quantitative estimate of drug-likeness (QED) is 0.0104. The van der Waals surface area contributed by atoms with Gasteiger partial charge in [-0.15, -0.1) is 0 Å². The van der Waals surface area contributed by atoms with Crippen molar-refractivity contribution in [3.8, 4) is 0 Å². The van der Waals surface area contributed by atoms with Gasteiger partial charge in [0.15, 0.2) is 5.96 Å². The van der Waals surface area contributed by atoms with E-state index in [0.717, 1.165) is 6.92 Å². The van der Waals surface area contributed by atoms with Crippen LogP contribution in [0.4, 0.5) is 0 Å². The molecule has 0 aliphatic heterocycles. The van der Waals surface area contributed by atoms with Crippen molar-refractivity contribution in [3.63, 3.8) is 0 Å². The van der Waals surface area contributed by atoms with E-state index < -0.39 is 224 Å². The van der Waals surface area contributed by atoms with Gasteiger partial charge in [-0.1, -0.05) is 152 Å². The number of carbonyl (C=O) groups is 17. The Morgan fingerprint density at radius 2 is 0.487 bits per heavy atom. The van der Waals surface area contributed by atoms with Crippen LogP contribution in [0, 0.1) is 5.41 Å². The summed E-state index contributed by atoms with van der Waals surface area (Å²) < 4.78 is 0. The van der Waals surface area contributed by atoms with Crippen LogP contribution in [-0.2, 0) is 114 Å². The second-order valence-corrected chi connectivity index (χ2v) is 27.1. The van der Waals surface area contributed by atoms with E-state index in [4.69, 9.17) is 34.1 Å². The first-order chi connectivity index (χ1) is 54.7. The Morgan fingerprint density at radius 3 is 0.704 bits per heavy atom. The van der Waals surface area contributed by atoms with Crippen LogP contribution in [0.15, 0.2) is 152 Å². The first kappa shape index (κ1) is 92.0. The first-order valence-corrected chi connectivity index (χ1v) is 36.9. The Kier molecular flexibility index (Phi) is 38.6. The maximum Gasteiger partial charge on any atom is 0.326 e. The van der Waals surface area contributed by atoms with Crippen LogP contribution in [0.5, 0.6) is 0 Å². The van der Waals surface area contributed by atoms with Crippen LogP contribution in [-0.4, -0.2) is 190 Å². The summed E-state index contributed by atoms with van der Waals surface area (Å²) in [6.45, 7) is 1.10. The molecule has 0 heterocycles. The second-order valence-electron chi connectivity index (χ2n) is 27.1. The number of guanidine groups is 1. The number of primary amides is 4. The van der Waals surface area contributed by atoms with Crippen LogP contribution >= 0.6 is 0 Å². The van der Waals surface area contributed by atoms with Crippen LogP contribution in [0.25, 0.3) is 0 Å². The third kappa shape index (κ3) is 35.1. The fourth-order valence-electron chi connectivity index (χ4n) is 11.8. The zero-order valence-corrected chi connectivity index (χ0v) is 63.2. The molecule has 5 rings (SSSR count). The molecule has 5 aromatic carbocycles. The molecular formula is C78H100N18O19. The number of amides is 15. The normalized spacial score (nSPS) is 13.7. The SMILES string of the molecule is CC(=O)N[C@@H](CCC(N)=O)C(=O)N[C@@H](Cc1ccccc1)C(=O)N[C@@H](CCC(=O)O)C(=O)N[C@@H](Cc1ccccc1)C(=O)N[C@@H](CCC(N)=O)C(=O)N[C@@H](Cc1ccccc1)C(=O)N[C@@H](CCC(N)=O)C(=O)N[C@@H](Cc1ccccc1)C(=O)N[C@@H](CCCNC(=N)N)C(=O)N[C@@H](Cc1ccccc1)C(=O)N[C@@H](CCC(N)=O)C(=O)O. The molecule has 0 unspecified atom stereocenters. The molecule has 115 heavy (non-hydrogen) atoms. The number of hydrogen-bond donors (Lipinski definition) is 20. The van der Waals surface area contributed by atoms with E-state index in [1.165, 1.54) is 0 Å². The van der Waals surface area contributed by atoms with Crippen LogP contribution in [0.2, 0.25) is 0 Å². The van der Waals surface area contributed by atoms with E-state index in [9.17, 15) is 86.9 Å². The molecule has 0 saturated heterocycles. The van der Waals surface area contributed by atoms with Crippen molar-refractivity contribution in [1.82, 2.24) is 63.8 Å². The zero-order valence-electron chi connectivity index (χ0n) is 63.2. The third-order valence-corrected chi connectivity index (χ3v) is 17.8. The molecule has 15 amide bonds. The Hall–Kier alpha value is -13.6. The van der Waals surface area contributed by atoms with Crippen molar-refractivity contribution in [2.75, 3.05) is 6.54 Å². The van der Waals surface area contributed by atoms with Gasteiger partial charge in [-0.3, -0.25) is 82.1 Å². The van der Waals surface area contributed by atoms with Gasteiger partial charge in [-0.05, 0) is 72.8 Å². The Balaban J connectivity index is 1.49. The average Bonchev–Trinajstić information content (AvgIpc) is 0.859. The summed E-state index contributed by atoms with van der Waals surface area (Å²) >= 11 is 0. The highest BCUT2D eigenvalue weighted by Crippen LogP contribution is 2.16. The van der Waals surface area contributed by atoms with E-state index in [2.05, 4.69) is 63.8 Å². The number of carboxylic acids is 2. The summed E-state index contributed by atoms with van der Waals surface area (Å²) in [4.78, 5) is 232. The van der Waals surface area contributed by atoms with Crippen molar-refractivity contribution in [2.45, 2.75) is 183 Å². The summed E-state index contributed by atoms with van der Waals surface area (Å²) in [5.74, 6) is -18.2. The molecule has 5 aromatic rings. The molecule has 0 saturated carbocycles. The number of benzene rings is 5. The van der Waals surface area contributed by atoms with Gasteiger partial charge < -0.3 is 103 Å². The lowest BCUT2D eigenvalue weighted by Gasteiger charge is -2.29. The molecule has 0 spiro atoms. The Labute approximate surface area is 661 Å². The molecule has 25 N–H and O–H groups in total.